The van der Waals surface area contributed by atoms with E-state index in [1.165, 1.54) is 18.2 Å². The lowest BCUT2D eigenvalue weighted by molar-refractivity contribution is -0.180. The fourth-order valence-corrected chi connectivity index (χ4v) is 2.09. The summed E-state index contributed by atoms with van der Waals surface area (Å²) >= 11 is 0. The first-order valence-electron chi connectivity index (χ1n) is 6.65. The van der Waals surface area contributed by atoms with Crippen LogP contribution in [0.2, 0.25) is 0 Å². The van der Waals surface area contributed by atoms with Crippen molar-refractivity contribution < 1.29 is 22.7 Å². The quantitative estimate of drug-likeness (QED) is 0.743. The van der Waals surface area contributed by atoms with Gasteiger partial charge in [-0.15, -0.1) is 0 Å². The van der Waals surface area contributed by atoms with E-state index < -0.39 is 12.3 Å². The summed E-state index contributed by atoms with van der Waals surface area (Å²) in [7, 11) is 0. The van der Waals surface area contributed by atoms with Crippen LogP contribution in [0.25, 0.3) is 6.08 Å². The van der Waals surface area contributed by atoms with Gasteiger partial charge < -0.3 is 4.74 Å². The Labute approximate surface area is 121 Å². The monoisotopic (exact) mass is 298 g/mol. The molecular weight excluding hydrogens is 281 g/mol. The van der Waals surface area contributed by atoms with Crippen molar-refractivity contribution in [1.82, 2.24) is 0 Å². The highest BCUT2D eigenvalue weighted by Crippen LogP contribution is 2.34. The third-order valence-electron chi connectivity index (χ3n) is 3.05. The molecule has 0 amide bonds. The smallest absolute Gasteiger partial charge is 0.429 e. The summed E-state index contributed by atoms with van der Waals surface area (Å²) in [6.07, 6.45) is -3.68. The van der Waals surface area contributed by atoms with E-state index in [1.54, 1.807) is 6.07 Å². The third kappa shape index (κ3) is 3.86. The average molecular weight is 298 g/mol. The molecule has 5 heteroatoms. The van der Waals surface area contributed by atoms with Crippen LogP contribution in [-0.4, -0.2) is 18.1 Å². The topological polar surface area (TPSA) is 26.3 Å². The van der Waals surface area contributed by atoms with Crippen LogP contribution in [-0.2, 0) is 0 Å². The minimum atomic E-state index is -4.44. The van der Waals surface area contributed by atoms with Crippen molar-refractivity contribution in [3.63, 3.8) is 0 Å². The van der Waals surface area contributed by atoms with Gasteiger partial charge in [0.2, 0.25) is 6.10 Å². The maximum absolute atomic E-state index is 12.6. The first kappa shape index (κ1) is 15.6. The number of carbonyl (C=O) groups excluding carboxylic acids is 1. The maximum atomic E-state index is 12.6. The Kier molecular flexibility index (Phi) is 3.87. The number of fused-ring (bicyclic) bond motifs is 1. The van der Waals surface area contributed by atoms with Crippen LogP contribution in [0.4, 0.5) is 13.2 Å². The molecule has 1 aliphatic rings. The highest BCUT2D eigenvalue weighted by molar-refractivity contribution is 5.97. The molecule has 0 aliphatic carbocycles. The predicted octanol–water partition coefficient (Wildman–Crippen LogP) is 4.64. The van der Waals surface area contributed by atoms with Crippen LogP contribution in [0.15, 0.2) is 24.3 Å². The Balaban J connectivity index is 2.22. The van der Waals surface area contributed by atoms with Crippen LogP contribution in [0.3, 0.4) is 0 Å². The fraction of sp³-hybridized carbons (Fsp3) is 0.438. The van der Waals surface area contributed by atoms with Gasteiger partial charge in [-0.3, -0.25) is 4.79 Å². The molecule has 0 bridgehead atoms. The molecule has 0 saturated carbocycles. The van der Waals surface area contributed by atoms with E-state index in [0.717, 1.165) is 6.08 Å². The number of alkyl halides is 3. The molecule has 0 spiro atoms. The van der Waals surface area contributed by atoms with E-state index in [0.29, 0.717) is 17.5 Å². The zero-order valence-corrected chi connectivity index (χ0v) is 12.1. The Morgan fingerprint density at radius 2 is 1.90 bits per heavy atom. The van der Waals surface area contributed by atoms with E-state index >= 15 is 0 Å². The van der Waals surface area contributed by atoms with E-state index in [2.05, 4.69) is 0 Å². The van der Waals surface area contributed by atoms with Crippen LogP contribution in [0, 0.1) is 5.41 Å². The van der Waals surface area contributed by atoms with Gasteiger partial charge in [-0.1, -0.05) is 26.8 Å². The summed E-state index contributed by atoms with van der Waals surface area (Å²) in [6, 6.07) is 4.51. The Morgan fingerprint density at radius 1 is 1.24 bits per heavy atom. The van der Waals surface area contributed by atoms with Crippen LogP contribution in [0.5, 0.6) is 5.75 Å². The maximum Gasteiger partial charge on any atom is 0.429 e. The molecule has 1 atom stereocenters. The van der Waals surface area contributed by atoms with Crippen molar-refractivity contribution >= 4 is 11.9 Å². The largest absolute Gasteiger partial charge is 0.476 e. The second-order valence-electron chi connectivity index (χ2n) is 6.35. The predicted molar refractivity (Wildman–Crippen MR) is 74.3 cm³/mol. The molecule has 0 fully saturated rings. The van der Waals surface area contributed by atoms with Crippen LogP contribution < -0.4 is 4.74 Å². The van der Waals surface area contributed by atoms with E-state index in [-0.39, 0.29) is 16.9 Å². The summed E-state index contributed by atoms with van der Waals surface area (Å²) in [6.45, 7) is 5.88. The van der Waals surface area contributed by atoms with Gasteiger partial charge in [0.15, 0.2) is 5.78 Å². The number of ether oxygens (including phenoxy) is 1. The first-order chi connectivity index (χ1) is 9.56. The van der Waals surface area contributed by atoms with Gasteiger partial charge >= 0.3 is 6.18 Å². The van der Waals surface area contributed by atoms with Gasteiger partial charge in [0, 0.05) is 17.5 Å². The number of benzene rings is 1. The zero-order valence-electron chi connectivity index (χ0n) is 12.1. The van der Waals surface area contributed by atoms with E-state index in [1.807, 2.05) is 20.8 Å². The molecule has 0 aromatic heterocycles. The molecule has 2 rings (SSSR count). The molecular formula is C16H17F3O2. The molecule has 0 saturated heterocycles. The molecule has 0 radical (unpaired) electrons. The number of hydrogen-bond donors (Lipinski definition) is 0. The fourth-order valence-electron chi connectivity index (χ4n) is 2.09. The minimum absolute atomic E-state index is 0.0309. The molecule has 1 aliphatic heterocycles. The van der Waals surface area contributed by atoms with Gasteiger partial charge in [0.25, 0.3) is 0 Å². The molecule has 1 heterocycles. The summed E-state index contributed by atoms with van der Waals surface area (Å²) in [4.78, 5) is 12.1. The van der Waals surface area contributed by atoms with Gasteiger partial charge in [-0.05, 0) is 29.7 Å². The normalized spacial score (nSPS) is 18.1. The van der Waals surface area contributed by atoms with E-state index in [9.17, 15) is 18.0 Å². The van der Waals surface area contributed by atoms with Crippen molar-refractivity contribution in [1.29, 1.82) is 0 Å². The van der Waals surface area contributed by atoms with Crippen molar-refractivity contribution in [2.24, 2.45) is 5.41 Å². The number of carbonyl (C=O) groups is 1. The van der Waals surface area contributed by atoms with E-state index in [4.69, 9.17) is 4.74 Å². The highest BCUT2D eigenvalue weighted by atomic mass is 19.4. The van der Waals surface area contributed by atoms with Crippen LogP contribution >= 0.6 is 0 Å². The summed E-state index contributed by atoms with van der Waals surface area (Å²) < 4.78 is 42.7. The second-order valence-corrected chi connectivity index (χ2v) is 6.35. The lowest BCUT2D eigenvalue weighted by atomic mass is 9.87. The standard InChI is InChI=1S/C16H17F3O2/c1-15(2,3)9-12(20)10-4-6-13-11(8-10)5-7-14(21-13)16(17,18)19/h4-8,14H,9H2,1-3H3/t14-/m0/s1. The summed E-state index contributed by atoms with van der Waals surface area (Å²) in [5.74, 6) is 0.115. The number of hydrogen-bond acceptors (Lipinski definition) is 2. The number of Topliss-reactive ketones (excluding diaryl/α,β-unsaturated/α-hetero) is 1. The van der Waals surface area contributed by atoms with Crippen molar-refractivity contribution in [2.45, 2.75) is 39.5 Å². The molecule has 21 heavy (non-hydrogen) atoms. The molecule has 0 unspecified atom stereocenters. The Hall–Kier alpha value is -1.78. The zero-order chi connectivity index (χ0) is 15.8. The average Bonchev–Trinajstić information content (AvgIpc) is 2.34. The third-order valence-corrected chi connectivity index (χ3v) is 3.05. The van der Waals surface area contributed by atoms with Gasteiger partial charge in [-0.25, -0.2) is 0 Å². The number of ketones is 1. The van der Waals surface area contributed by atoms with Crippen molar-refractivity contribution in [3.05, 3.63) is 35.4 Å². The first-order valence-corrected chi connectivity index (χ1v) is 6.65. The van der Waals surface area contributed by atoms with Gasteiger partial charge in [-0.2, -0.15) is 13.2 Å². The minimum Gasteiger partial charge on any atom is -0.476 e. The Bertz CT molecular complexity index is 580. The summed E-state index contributed by atoms with van der Waals surface area (Å²) in [5, 5.41) is 0. The lowest BCUT2D eigenvalue weighted by Crippen LogP contribution is -2.33. The number of halogens is 3. The van der Waals surface area contributed by atoms with Crippen molar-refractivity contribution in [2.75, 3.05) is 0 Å². The number of rotatable bonds is 2. The molecule has 0 N–H and O–H groups in total. The van der Waals surface area contributed by atoms with Gasteiger partial charge in [0.05, 0.1) is 0 Å². The Morgan fingerprint density at radius 3 is 2.48 bits per heavy atom. The van der Waals surface area contributed by atoms with Crippen molar-refractivity contribution in [3.8, 4) is 5.75 Å². The SMILES string of the molecule is CC(C)(C)CC(=O)c1ccc2c(c1)C=C[C@@H](C(F)(F)F)O2. The summed E-state index contributed by atoms with van der Waals surface area (Å²) in [5.41, 5.74) is 0.846. The highest BCUT2D eigenvalue weighted by Gasteiger charge is 2.41. The van der Waals surface area contributed by atoms with Gasteiger partial charge in [0.1, 0.15) is 5.75 Å². The molecule has 1 aromatic rings. The second kappa shape index (κ2) is 5.20. The molecule has 2 nitrogen and oxygen atoms in total. The van der Waals surface area contributed by atoms with Crippen LogP contribution in [0.1, 0.15) is 43.1 Å². The molecule has 1 aromatic carbocycles. The molecule has 114 valence electrons. The lowest BCUT2D eigenvalue weighted by Gasteiger charge is -2.24.